The lowest BCUT2D eigenvalue weighted by atomic mass is 9.73. The Bertz CT molecular complexity index is 363. The third-order valence-corrected chi connectivity index (χ3v) is 3.91. The van der Waals surface area contributed by atoms with Crippen LogP contribution in [0.25, 0.3) is 0 Å². The fourth-order valence-corrected chi connectivity index (χ4v) is 3.34. The Morgan fingerprint density at radius 2 is 1.88 bits per heavy atom. The second kappa shape index (κ2) is 3.47. The molecule has 1 saturated carbocycles. The number of aliphatic carboxylic acids is 1. The van der Waals surface area contributed by atoms with Crippen molar-refractivity contribution >= 4 is 11.9 Å². The highest BCUT2D eigenvalue weighted by Crippen LogP contribution is 2.54. The summed E-state index contributed by atoms with van der Waals surface area (Å²) in [4.78, 5) is 25.2. The molecule has 0 spiro atoms. The van der Waals surface area contributed by atoms with Crippen molar-refractivity contribution < 1.29 is 14.7 Å². The summed E-state index contributed by atoms with van der Waals surface area (Å²) in [6.07, 6.45) is 2.11. The number of carbonyl (C=O) groups is 2. The fourth-order valence-electron chi connectivity index (χ4n) is 3.34. The second-order valence-electron chi connectivity index (χ2n) is 6.95. The van der Waals surface area contributed by atoms with E-state index >= 15 is 0 Å². The minimum absolute atomic E-state index is 0.00704. The van der Waals surface area contributed by atoms with Crippen LogP contribution in [0.1, 0.15) is 47.0 Å². The van der Waals surface area contributed by atoms with Gasteiger partial charge in [-0.1, -0.05) is 20.8 Å². The number of amides is 1. The summed E-state index contributed by atoms with van der Waals surface area (Å²) in [6, 6.07) is -0.588. The van der Waals surface area contributed by atoms with E-state index in [1.54, 1.807) is 4.90 Å². The van der Waals surface area contributed by atoms with Crippen LogP contribution in [0.2, 0.25) is 0 Å². The third-order valence-electron chi connectivity index (χ3n) is 3.91. The van der Waals surface area contributed by atoms with Gasteiger partial charge in [0.15, 0.2) is 0 Å². The molecule has 96 valence electrons. The Hall–Kier alpha value is -1.06. The van der Waals surface area contributed by atoms with Crippen molar-refractivity contribution in [2.24, 2.45) is 11.3 Å². The van der Waals surface area contributed by atoms with Crippen molar-refractivity contribution in [2.45, 2.75) is 58.5 Å². The minimum atomic E-state index is -0.849. The molecule has 4 nitrogen and oxygen atoms in total. The molecule has 0 aromatic heterocycles. The molecule has 1 amide bonds. The smallest absolute Gasteiger partial charge is 0.326 e. The maximum atomic E-state index is 12.3. The van der Waals surface area contributed by atoms with Gasteiger partial charge in [0.25, 0.3) is 0 Å². The van der Waals surface area contributed by atoms with E-state index in [2.05, 4.69) is 0 Å². The number of carbonyl (C=O) groups excluding carboxylic acids is 1. The van der Waals surface area contributed by atoms with E-state index in [0.717, 1.165) is 12.8 Å². The topological polar surface area (TPSA) is 57.6 Å². The molecule has 17 heavy (non-hydrogen) atoms. The second-order valence-corrected chi connectivity index (χ2v) is 6.95. The molecule has 3 fully saturated rings. The van der Waals surface area contributed by atoms with Crippen molar-refractivity contribution in [1.29, 1.82) is 0 Å². The molecule has 1 atom stereocenters. The quantitative estimate of drug-likeness (QED) is 0.800. The van der Waals surface area contributed by atoms with Crippen molar-refractivity contribution in [2.75, 3.05) is 0 Å². The van der Waals surface area contributed by atoms with Crippen LogP contribution in [-0.4, -0.2) is 33.5 Å². The first-order valence-electron chi connectivity index (χ1n) is 6.19. The summed E-state index contributed by atoms with van der Waals surface area (Å²) in [5.74, 6) is -0.688. The normalized spacial score (nSPS) is 35.6. The lowest BCUT2D eigenvalue weighted by Crippen LogP contribution is -2.49. The van der Waals surface area contributed by atoms with Gasteiger partial charge >= 0.3 is 5.97 Å². The molecule has 2 bridgehead atoms. The number of nitrogens with zero attached hydrogens (tertiary/aromatic N) is 1. The third kappa shape index (κ3) is 1.94. The van der Waals surface area contributed by atoms with E-state index in [4.69, 9.17) is 0 Å². The SMILES string of the molecule is CC(C)(C)CC(=O)N1C(C(=O)O)C2CC1(C)C2. The highest BCUT2D eigenvalue weighted by atomic mass is 16.4. The van der Waals surface area contributed by atoms with E-state index in [1.807, 2.05) is 27.7 Å². The van der Waals surface area contributed by atoms with Gasteiger partial charge in [0.05, 0.1) is 0 Å². The zero-order chi connectivity index (χ0) is 13.0. The average molecular weight is 239 g/mol. The Kier molecular flexibility index (Phi) is 2.53. The summed E-state index contributed by atoms with van der Waals surface area (Å²) in [5.41, 5.74) is -0.292. The summed E-state index contributed by atoms with van der Waals surface area (Å²) in [6.45, 7) is 8.02. The highest BCUT2D eigenvalue weighted by molar-refractivity contribution is 5.86. The molecule has 0 radical (unpaired) electrons. The first-order chi connectivity index (χ1) is 7.64. The first kappa shape index (κ1) is 12.4. The maximum absolute atomic E-state index is 12.3. The molecule has 4 heteroatoms. The number of carboxylic acids is 1. The van der Waals surface area contributed by atoms with Crippen LogP contribution in [0.5, 0.6) is 0 Å². The van der Waals surface area contributed by atoms with Gasteiger partial charge in [0.2, 0.25) is 5.91 Å². The zero-order valence-electron chi connectivity index (χ0n) is 11.0. The number of rotatable bonds is 2. The number of hydrogen-bond acceptors (Lipinski definition) is 2. The van der Waals surface area contributed by atoms with Crippen LogP contribution in [0.4, 0.5) is 0 Å². The van der Waals surface area contributed by atoms with Crippen LogP contribution in [-0.2, 0) is 9.59 Å². The van der Waals surface area contributed by atoms with Crippen LogP contribution < -0.4 is 0 Å². The largest absolute Gasteiger partial charge is 0.480 e. The van der Waals surface area contributed by atoms with Crippen molar-refractivity contribution in [3.05, 3.63) is 0 Å². The average Bonchev–Trinajstić information content (AvgIpc) is 2.48. The van der Waals surface area contributed by atoms with Crippen molar-refractivity contribution in [1.82, 2.24) is 4.90 Å². The maximum Gasteiger partial charge on any atom is 0.326 e. The molecule has 1 N–H and O–H groups in total. The van der Waals surface area contributed by atoms with Gasteiger partial charge in [0, 0.05) is 12.0 Å². The van der Waals surface area contributed by atoms with E-state index in [0.29, 0.717) is 6.42 Å². The van der Waals surface area contributed by atoms with Crippen LogP contribution in [0, 0.1) is 11.3 Å². The fraction of sp³-hybridized carbons (Fsp3) is 0.846. The van der Waals surface area contributed by atoms with Gasteiger partial charge in [-0.2, -0.15) is 0 Å². The molecular formula is C13H21NO3. The monoisotopic (exact) mass is 239 g/mol. The molecule has 0 aromatic rings. The molecule has 3 rings (SSSR count). The number of fused-ring (bicyclic) bond motifs is 1. The highest BCUT2D eigenvalue weighted by Gasteiger charge is 2.63. The minimum Gasteiger partial charge on any atom is -0.480 e. The summed E-state index contributed by atoms with van der Waals surface area (Å²) < 4.78 is 0. The molecule has 2 aliphatic heterocycles. The van der Waals surface area contributed by atoms with Crippen molar-refractivity contribution in [3.63, 3.8) is 0 Å². The van der Waals surface area contributed by atoms with E-state index in [-0.39, 0.29) is 22.8 Å². The predicted molar refractivity (Wildman–Crippen MR) is 63.5 cm³/mol. The Morgan fingerprint density at radius 3 is 2.29 bits per heavy atom. The number of hydrogen-bond donors (Lipinski definition) is 1. The van der Waals surface area contributed by atoms with Gasteiger partial charge in [-0.05, 0) is 31.1 Å². The van der Waals surface area contributed by atoms with Gasteiger partial charge in [-0.15, -0.1) is 0 Å². The number of carboxylic acid groups (broad SMARTS) is 1. The molecular weight excluding hydrogens is 218 g/mol. The van der Waals surface area contributed by atoms with E-state index in [9.17, 15) is 14.7 Å². The van der Waals surface area contributed by atoms with Gasteiger partial charge in [0.1, 0.15) is 6.04 Å². The Balaban J connectivity index is 2.18. The zero-order valence-corrected chi connectivity index (χ0v) is 11.0. The summed E-state index contributed by atoms with van der Waals surface area (Å²) in [5, 5.41) is 9.25. The molecule has 0 aromatic carbocycles. The van der Waals surface area contributed by atoms with Crippen molar-refractivity contribution in [3.8, 4) is 0 Å². The molecule has 3 aliphatic rings. The lowest BCUT2D eigenvalue weighted by molar-refractivity contribution is -0.150. The Morgan fingerprint density at radius 1 is 1.35 bits per heavy atom. The standard InChI is InChI=1S/C13H21NO3/c1-12(2,3)7-9(15)14-10(11(16)17)8-5-13(14,4)6-8/h8,10H,5-7H2,1-4H3,(H,16,17). The molecule has 2 heterocycles. The van der Waals surface area contributed by atoms with E-state index < -0.39 is 12.0 Å². The van der Waals surface area contributed by atoms with E-state index in [1.165, 1.54) is 0 Å². The van der Waals surface area contributed by atoms with Gasteiger partial charge in [-0.25, -0.2) is 4.79 Å². The first-order valence-corrected chi connectivity index (χ1v) is 6.19. The van der Waals surface area contributed by atoms with Gasteiger partial charge in [-0.3, -0.25) is 4.79 Å². The summed E-state index contributed by atoms with van der Waals surface area (Å²) in [7, 11) is 0. The molecule has 2 saturated heterocycles. The molecule has 1 aliphatic carbocycles. The van der Waals surface area contributed by atoms with Gasteiger partial charge < -0.3 is 10.0 Å². The lowest BCUT2D eigenvalue weighted by Gasteiger charge is -2.39. The van der Waals surface area contributed by atoms with Crippen LogP contribution in [0.15, 0.2) is 0 Å². The van der Waals surface area contributed by atoms with Crippen LogP contribution in [0.3, 0.4) is 0 Å². The summed E-state index contributed by atoms with van der Waals surface area (Å²) >= 11 is 0. The van der Waals surface area contributed by atoms with Crippen LogP contribution >= 0.6 is 0 Å². The predicted octanol–water partition coefficient (Wildman–Crippen LogP) is 1.89. The molecule has 1 unspecified atom stereocenters. The Labute approximate surface area is 102 Å².